The maximum Gasteiger partial charge on any atom is 0.127 e. The standard InChI is InChI=1S/C17H21NO2/c1-3-17(18)14-7-9-15(10-8-14)20-16-6-4-5-13(11-16)12-19-2/h4-11,17H,3,12,18H2,1-2H3/t17-/m1/s1. The van der Waals surface area contributed by atoms with Crippen LogP contribution in [0.3, 0.4) is 0 Å². The van der Waals surface area contributed by atoms with Crippen LogP contribution in [0.5, 0.6) is 11.5 Å². The lowest BCUT2D eigenvalue weighted by Gasteiger charge is -2.11. The van der Waals surface area contributed by atoms with Crippen molar-refractivity contribution in [2.24, 2.45) is 5.73 Å². The molecule has 0 saturated heterocycles. The van der Waals surface area contributed by atoms with Gasteiger partial charge in [-0.2, -0.15) is 0 Å². The number of rotatable bonds is 6. The zero-order valence-electron chi connectivity index (χ0n) is 12.0. The summed E-state index contributed by atoms with van der Waals surface area (Å²) in [6.07, 6.45) is 0.930. The van der Waals surface area contributed by atoms with Gasteiger partial charge in [-0.3, -0.25) is 0 Å². The van der Waals surface area contributed by atoms with Crippen LogP contribution in [0.25, 0.3) is 0 Å². The van der Waals surface area contributed by atoms with E-state index in [9.17, 15) is 0 Å². The van der Waals surface area contributed by atoms with Crippen molar-refractivity contribution in [1.82, 2.24) is 0 Å². The fourth-order valence-corrected chi connectivity index (χ4v) is 2.02. The number of hydrogen-bond acceptors (Lipinski definition) is 3. The van der Waals surface area contributed by atoms with Crippen molar-refractivity contribution in [3.8, 4) is 11.5 Å². The van der Waals surface area contributed by atoms with Crippen LogP contribution in [0.2, 0.25) is 0 Å². The molecule has 2 aromatic carbocycles. The van der Waals surface area contributed by atoms with Gasteiger partial charge in [0.15, 0.2) is 0 Å². The van der Waals surface area contributed by atoms with Crippen molar-refractivity contribution in [2.45, 2.75) is 26.0 Å². The van der Waals surface area contributed by atoms with E-state index in [1.807, 2.05) is 48.5 Å². The summed E-state index contributed by atoms with van der Waals surface area (Å²) in [6.45, 7) is 2.66. The second-order valence-corrected chi connectivity index (χ2v) is 4.77. The molecule has 20 heavy (non-hydrogen) atoms. The molecule has 2 aromatic rings. The summed E-state index contributed by atoms with van der Waals surface area (Å²) in [7, 11) is 1.68. The first-order valence-corrected chi connectivity index (χ1v) is 6.84. The Morgan fingerprint density at radius 3 is 2.45 bits per heavy atom. The third kappa shape index (κ3) is 3.83. The van der Waals surface area contributed by atoms with E-state index < -0.39 is 0 Å². The Morgan fingerprint density at radius 2 is 1.80 bits per heavy atom. The topological polar surface area (TPSA) is 44.5 Å². The first-order valence-electron chi connectivity index (χ1n) is 6.84. The van der Waals surface area contributed by atoms with Crippen LogP contribution < -0.4 is 10.5 Å². The van der Waals surface area contributed by atoms with E-state index in [1.54, 1.807) is 7.11 Å². The summed E-state index contributed by atoms with van der Waals surface area (Å²) in [5, 5.41) is 0. The average molecular weight is 271 g/mol. The van der Waals surface area contributed by atoms with E-state index in [4.69, 9.17) is 15.2 Å². The molecule has 3 nitrogen and oxygen atoms in total. The van der Waals surface area contributed by atoms with Crippen molar-refractivity contribution in [3.63, 3.8) is 0 Å². The number of nitrogens with two attached hydrogens (primary N) is 1. The highest BCUT2D eigenvalue weighted by atomic mass is 16.5. The normalized spacial score (nSPS) is 12.2. The largest absolute Gasteiger partial charge is 0.457 e. The zero-order chi connectivity index (χ0) is 14.4. The van der Waals surface area contributed by atoms with Gasteiger partial charge in [-0.05, 0) is 41.8 Å². The van der Waals surface area contributed by atoms with Gasteiger partial charge < -0.3 is 15.2 Å². The Kier molecular flexibility index (Phi) is 5.16. The maximum atomic E-state index is 6.00. The van der Waals surface area contributed by atoms with Crippen LogP contribution in [-0.4, -0.2) is 7.11 Å². The molecule has 0 saturated carbocycles. The van der Waals surface area contributed by atoms with Gasteiger partial charge in [0.05, 0.1) is 6.61 Å². The second kappa shape index (κ2) is 7.08. The molecule has 2 rings (SSSR count). The van der Waals surface area contributed by atoms with Gasteiger partial charge in [0.2, 0.25) is 0 Å². The minimum Gasteiger partial charge on any atom is -0.457 e. The van der Waals surface area contributed by atoms with Gasteiger partial charge in [0, 0.05) is 13.2 Å². The van der Waals surface area contributed by atoms with Crippen LogP contribution in [0.4, 0.5) is 0 Å². The van der Waals surface area contributed by atoms with Gasteiger partial charge >= 0.3 is 0 Å². The molecule has 0 amide bonds. The highest BCUT2D eigenvalue weighted by molar-refractivity contribution is 5.35. The van der Waals surface area contributed by atoms with Crippen LogP contribution in [0, 0.1) is 0 Å². The number of hydrogen-bond donors (Lipinski definition) is 1. The Balaban J connectivity index is 2.08. The van der Waals surface area contributed by atoms with Gasteiger partial charge in [-0.1, -0.05) is 31.2 Å². The lowest BCUT2D eigenvalue weighted by atomic mass is 10.1. The molecule has 0 fully saturated rings. The Hall–Kier alpha value is -1.84. The summed E-state index contributed by atoms with van der Waals surface area (Å²) >= 11 is 0. The molecule has 0 aromatic heterocycles. The van der Waals surface area contributed by atoms with Crippen LogP contribution in [0.1, 0.15) is 30.5 Å². The predicted octanol–water partition coefficient (Wildman–Crippen LogP) is 4.04. The van der Waals surface area contributed by atoms with Gasteiger partial charge in [-0.15, -0.1) is 0 Å². The van der Waals surface area contributed by atoms with Crippen LogP contribution >= 0.6 is 0 Å². The molecule has 3 heteroatoms. The first-order chi connectivity index (χ1) is 9.72. The molecule has 0 bridgehead atoms. The van der Waals surface area contributed by atoms with E-state index in [-0.39, 0.29) is 6.04 Å². The number of ether oxygens (including phenoxy) is 2. The molecule has 0 unspecified atom stereocenters. The van der Waals surface area contributed by atoms with Crippen molar-refractivity contribution >= 4 is 0 Å². The maximum absolute atomic E-state index is 6.00. The monoisotopic (exact) mass is 271 g/mol. The summed E-state index contributed by atoms with van der Waals surface area (Å²) in [5.41, 5.74) is 8.22. The van der Waals surface area contributed by atoms with E-state index in [0.717, 1.165) is 29.0 Å². The van der Waals surface area contributed by atoms with E-state index in [2.05, 4.69) is 6.92 Å². The average Bonchev–Trinajstić information content (AvgIpc) is 2.48. The van der Waals surface area contributed by atoms with Crippen molar-refractivity contribution in [3.05, 3.63) is 59.7 Å². The van der Waals surface area contributed by atoms with E-state index in [1.165, 1.54) is 0 Å². The molecule has 0 radical (unpaired) electrons. The minimum atomic E-state index is 0.0917. The first kappa shape index (κ1) is 14.6. The van der Waals surface area contributed by atoms with Gasteiger partial charge in [0.25, 0.3) is 0 Å². The quantitative estimate of drug-likeness (QED) is 0.862. The van der Waals surface area contributed by atoms with Gasteiger partial charge in [-0.25, -0.2) is 0 Å². The summed E-state index contributed by atoms with van der Waals surface area (Å²) < 4.78 is 11.0. The molecule has 106 valence electrons. The Morgan fingerprint density at radius 1 is 1.05 bits per heavy atom. The summed E-state index contributed by atoms with van der Waals surface area (Å²) in [5.74, 6) is 1.62. The third-order valence-electron chi connectivity index (χ3n) is 3.19. The van der Waals surface area contributed by atoms with E-state index in [0.29, 0.717) is 6.61 Å². The molecular weight excluding hydrogens is 250 g/mol. The fraction of sp³-hybridized carbons (Fsp3) is 0.294. The highest BCUT2D eigenvalue weighted by Crippen LogP contribution is 2.24. The fourth-order valence-electron chi connectivity index (χ4n) is 2.02. The molecule has 0 aliphatic heterocycles. The van der Waals surface area contributed by atoms with Crippen molar-refractivity contribution in [2.75, 3.05) is 7.11 Å². The van der Waals surface area contributed by atoms with E-state index >= 15 is 0 Å². The minimum absolute atomic E-state index is 0.0917. The molecule has 0 aliphatic rings. The van der Waals surface area contributed by atoms with Crippen LogP contribution in [-0.2, 0) is 11.3 Å². The van der Waals surface area contributed by atoms with Gasteiger partial charge in [0.1, 0.15) is 11.5 Å². The predicted molar refractivity (Wildman–Crippen MR) is 80.9 cm³/mol. The lowest BCUT2D eigenvalue weighted by Crippen LogP contribution is -2.07. The molecule has 0 spiro atoms. The second-order valence-electron chi connectivity index (χ2n) is 4.77. The third-order valence-corrected chi connectivity index (χ3v) is 3.19. The number of methoxy groups -OCH3 is 1. The van der Waals surface area contributed by atoms with Crippen molar-refractivity contribution in [1.29, 1.82) is 0 Å². The smallest absolute Gasteiger partial charge is 0.127 e. The molecule has 1 atom stereocenters. The SMILES string of the molecule is CC[C@@H](N)c1ccc(Oc2cccc(COC)c2)cc1. The van der Waals surface area contributed by atoms with Crippen LogP contribution in [0.15, 0.2) is 48.5 Å². The number of benzene rings is 2. The summed E-state index contributed by atoms with van der Waals surface area (Å²) in [4.78, 5) is 0. The lowest BCUT2D eigenvalue weighted by molar-refractivity contribution is 0.184. The Bertz CT molecular complexity index is 537. The zero-order valence-corrected chi connectivity index (χ0v) is 12.0. The molecule has 0 heterocycles. The highest BCUT2D eigenvalue weighted by Gasteiger charge is 2.04. The summed E-state index contributed by atoms with van der Waals surface area (Å²) in [6, 6.07) is 15.9. The molecule has 2 N–H and O–H groups in total. The molecular formula is C17H21NO2. The molecule has 0 aliphatic carbocycles. The Labute approximate surface area is 120 Å². The van der Waals surface area contributed by atoms with Crippen molar-refractivity contribution < 1.29 is 9.47 Å².